The molecule has 0 bridgehead atoms. The van der Waals surface area contributed by atoms with E-state index in [1.165, 1.54) is 37.5 Å². The Bertz CT molecular complexity index is 1330. The van der Waals surface area contributed by atoms with Crippen LogP contribution in [-0.2, 0) is 17.5 Å². The van der Waals surface area contributed by atoms with E-state index in [-0.39, 0.29) is 23.6 Å². The number of amides is 1. The van der Waals surface area contributed by atoms with Crippen molar-refractivity contribution >= 4 is 17.7 Å². The third kappa shape index (κ3) is 6.60. The number of halogens is 3. The van der Waals surface area contributed by atoms with Crippen LogP contribution < -0.4 is 14.8 Å². The molecular weight excluding hydrogens is 479 g/mol. The van der Waals surface area contributed by atoms with Crippen molar-refractivity contribution in [2.24, 2.45) is 0 Å². The molecule has 0 saturated carbocycles. The second-order valence-electron chi connectivity index (χ2n) is 7.31. The van der Waals surface area contributed by atoms with Crippen LogP contribution in [0, 0.1) is 21.4 Å². The molecular formula is C25H18F3N3O5. The summed E-state index contributed by atoms with van der Waals surface area (Å²) in [6, 6.07) is 16.6. The summed E-state index contributed by atoms with van der Waals surface area (Å²) >= 11 is 0. The molecule has 0 aliphatic heterocycles. The lowest BCUT2D eigenvalue weighted by Gasteiger charge is -2.10. The first-order valence-electron chi connectivity index (χ1n) is 10.3. The number of benzene rings is 3. The van der Waals surface area contributed by atoms with Crippen molar-refractivity contribution in [3.05, 3.63) is 99.1 Å². The van der Waals surface area contributed by atoms with Gasteiger partial charge in [-0.25, -0.2) is 0 Å². The van der Waals surface area contributed by atoms with Crippen LogP contribution in [0.5, 0.6) is 17.2 Å². The normalized spacial score (nSPS) is 11.4. The molecule has 3 rings (SSSR count). The third-order valence-corrected chi connectivity index (χ3v) is 4.88. The van der Waals surface area contributed by atoms with E-state index in [0.29, 0.717) is 23.4 Å². The van der Waals surface area contributed by atoms with Crippen LogP contribution in [0.4, 0.5) is 18.9 Å². The molecule has 0 spiro atoms. The lowest BCUT2D eigenvalue weighted by molar-refractivity contribution is -0.385. The van der Waals surface area contributed by atoms with Crippen LogP contribution in [0.2, 0.25) is 0 Å². The van der Waals surface area contributed by atoms with Crippen molar-refractivity contribution in [1.82, 2.24) is 5.32 Å². The molecule has 3 aromatic rings. The molecule has 184 valence electrons. The molecule has 1 N–H and O–H groups in total. The Morgan fingerprint density at radius 2 is 1.72 bits per heavy atom. The molecule has 0 heterocycles. The van der Waals surface area contributed by atoms with E-state index in [0.717, 1.165) is 11.6 Å². The number of alkyl halides is 3. The number of hydrogen-bond acceptors (Lipinski definition) is 6. The van der Waals surface area contributed by atoms with Crippen LogP contribution >= 0.6 is 0 Å². The average molecular weight is 497 g/mol. The van der Waals surface area contributed by atoms with Gasteiger partial charge in [0, 0.05) is 12.6 Å². The Labute approximate surface area is 203 Å². The molecule has 0 aliphatic carbocycles. The topological polar surface area (TPSA) is 114 Å². The van der Waals surface area contributed by atoms with Crippen molar-refractivity contribution in [2.75, 3.05) is 7.11 Å². The average Bonchev–Trinajstić information content (AvgIpc) is 2.86. The second-order valence-corrected chi connectivity index (χ2v) is 7.31. The molecule has 0 aliphatic rings. The van der Waals surface area contributed by atoms with Crippen LogP contribution in [0.1, 0.15) is 16.7 Å². The summed E-state index contributed by atoms with van der Waals surface area (Å²) in [5, 5.41) is 23.2. The number of nitro benzene ring substituents is 1. The minimum absolute atomic E-state index is 0.109. The van der Waals surface area contributed by atoms with Crippen molar-refractivity contribution in [3.8, 4) is 23.3 Å². The van der Waals surface area contributed by atoms with Gasteiger partial charge in [0.15, 0.2) is 0 Å². The molecule has 3 aromatic carbocycles. The first kappa shape index (κ1) is 25.8. The summed E-state index contributed by atoms with van der Waals surface area (Å²) < 4.78 is 49.1. The van der Waals surface area contributed by atoms with Crippen molar-refractivity contribution in [1.29, 1.82) is 5.26 Å². The number of nitro groups is 1. The highest BCUT2D eigenvalue weighted by Crippen LogP contribution is 2.37. The second kappa shape index (κ2) is 11.1. The van der Waals surface area contributed by atoms with E-state index in [4.69, 9.17) is 9.47 Å². The first-order valence-corrected chi connectivity index (χ1v) is 10.3. The number of methoxy groups -OCH3 is 1. The summed E-state index contributed by atoms with van der Waals surface area (Å²) in [7, 11) is 1.54. The highest BCUT2D eigenvalue weighted by molar-refractivity contribution is 6.01. The van der Waals surface area contributed by atoms with E-state index in [1.807, 2.05) is 6.07 Å². The summed E-state index contributed by atoms with van der Waals surface area (Å²) in [4.78, 5) is 22.6. The van der Waals surface area contributed by atoms with Gasteiger partial charge >= 0.3 is 11.9 Å². The monoisotopic (exact) mass is 497 g/mol. The van der Waals surface area contributed by atoms with Gasteiger partial charge in [-0.3, -0.25) is 14.9 Å². The predicted octanol–water partition coefficient (Wildman–Crippen LogP) is 5.64. The molecule has 11 heteroatoms. The largest absolute Gasteiger partial charge is 0.497 e. The fourth-order valence-electron chi connectivity index (χ4n) is 3.02. The quantitative estimate of drug-likeness (QED) is 0.187. The molecule has 0 radical (unpaired) electrons. The van der Waals surface area contributed by atoms with E-state index in [1.54, 1.807) is 24.3 Å². The molecule has 8 nitrogen and oxygen atoms in total. The van der Waals surface area contributed by atoms with E-state index < -0.39 is 28.3 Å². The van der Waals surface area contributed by atoms with Gasteiger partial charge in [-0.15, -0.1) is 0 Å². The Balaban J connectivity index is 1.70. The summed E-state index contributed by atoms with van der Waals surface area (Å²) in [5.74, 6) is -0.179. The summed E-state index contributed by atoms with van der Waals surface area (Å²) in [5.41, 5.74) is -0.901. The van der Waals surface area contributed by atoms with Crippen molar-refractivity contribution in [3.63, 3.8) is 0 Å². The number of ether oxygens (including phenoxy) is 2. The van der Waals surface area contributed by atoms with E-state index >= 15 is 0 Å². The number of rotatable bonds is 8. The smallest absolute Gasteiger partial charge is 0.416 e. The van der Waals surface area contributed by atoms with Crippen LogP contribution in [0.15, 0.2) is 72.3 Å². The van der Waals surface area contributed by atoms with Gasteiger partial charge in [-0.2, -0.15) is 18.4 Å². The Morgan fingerprint density at radius 3 is 2.28 bits per heavy atom. The maximum atomic E-state index is 12.9. The Morgan fingerprint density at radius 1 is 1.08 bits per heavy atom. The number of nitriles is 1. The molecule has 0 unspecified atom stereocenters. The zero-order valence-corrected chi connectivity index (χ0v) is 18.7. The number of nitrogens with one attached hydrogen (secondary N) is 1. The fourth-order valence-corrected chi connectivity index (χ4v) is 3.02. The SMILES string of the molecule is COc1ccc(CNC(=O)/C(C#N)=C/c2ccc(Oc3ccc(C(F)(F)F)cc3[N+](=O)[O-])cc2)cc1. The van der Waals surface area contributed by atoms with Gasteiger partial charge in [-0.05, 0) is 53.6 Å². The first-order chi connectivity index (χ1) is 17.1. The molecule has 0 saturated heterocycles. The third-order valence-electron chi connectivity index (χ3n) is 4.88. The van der Waals surface area contributed by atoms with Gasteiger partial charge in [0.05, 0.1) is 17.6 Å². The van der Waals surface area contributed by atoms with Gasteiger partial charge in [-0.1, -0.05) is 24.3 Å². The number of carbonyl (C=O) groups is 1. The van der Waals surface area contributed by atoms with E-state index in [2.05, 4.69) is 5.32 Å². The Kier molecular flexibility index (Phi) is 7.91. The van der Waals surface area contributed by atoms with Gasteiger partial charge in [0.25, 0.3) is 5.91 Å². The van der Waals surface area contributed by atoms with Crippen LogP contribution in [0.3, 0.4) is 0 Å². The van der Waals surface area contributed by atoms with E-state index in [9.17, 15) is 33.3 Å². The molecule has 36 heavy (non-hydrogen) atoms. The molecule has 0 fully saturated rings. The minimum Gasteiger partial charge on any atom is -0.497 e. The van der Waals surface area contributed by atoms with Gasteiger partial charge in [0.1, 0.15) is 23.1 Å². The van der Waals surface area contributed by atoms with Gasteiger partial charge < -0.3 is 14.8 Å². The fraction of sp³-hybridized carbons (Fsp3) is 0.120. The highest BCUT2D eigenvalue weighted by atomic mass is 19.4. The maximum Gasteiger partial charge on any atom is 0.416 e. The number of nitrogens with zero attached hydrogens (tertiary/aromatic N) is 2. The number of carbonyl (C=O) groups excluding carboxylic acids is 1. The maximum absolute atomic E-state index is 12.9. The molecule has 0 atom stereocenters. The summed E-state index contributed by atoms with van der Waals surface area (Å²) in [6.07, 6.45) is -3.40. The molecule has 1 amide bonds. The summed E-state index contributed by atoms with van der Waals surface area (Å²) in [6.45, 7) is 0.195. The molecule has 0 aromatic heterocycles. The Hall–Kier alpha value is -4.85. The van der Waals surface area contributed by atoms with Crippen LogP contribution in [0.25, 0.3) is 6.08 Å². The minimum atomic E-state index is -4.74. The standard InChI is InChI=1S/C25H18F3N3O5/c1-35-20-7-4-17(5-8-20)15-30-24(32)18(14-29)12-16-2-9-21(10-3-16)36-23-11-6-19(25(26,27)28)13-22(23)31(33)34/h2-13H,15H2,1H3,(H,30,32)/b18-12+. The van der Waals surface area contributed by atoms with Crippen molar-refractivity contribution in [2.45, 2.75) is 12.7 Å². The lowest BCUT2D eigenvalue weighted by Crippen LogP contribution is -2.23. The van der Waals surface area contributed by atoms with Gasteiger partial charge in [0.2, 0.25) is 5.75 Å². The zero-order chi connectivity index (χ0) is 26.3. The van der Waals surface area contributed by atoms with Crippen molar-refractivity contribution < 1.29 is 32.4 Å². The highest BCUT2D eigenvalue weighted by Gasteiger charge is 2.33. The zero-order valence-electron chi connectivity index (χ0n) is 18.7. The predicted molar refractivity (Wildman–Crippen MR) is 123 cm³/mol. The lowest BCUT2D eigenvalue weighted by atomic mass is 10.1. The van der Waals surface area contributed by atoms with Crippen LogP contribution in [-0.4, -0.2) is 17.9 Å². The number of hydrogen-bond donors (Lipinski definition) is 1.